The van der Waals surface area contributed by atoms with Crippen LogP contribution in [0.5, 0.6) is 0 Å². The van der Waals surface area contributed by atoms with Crippen LogP contribution in [0.3, 0.4) is 0 Å². The number of anilines is 1. The van der Waals surface area contributed by atoms with Crippen LogP contribution in [0.4, 0.5) is 5.69 Å². The average Bonchev–Trinajstić information content (AvgIpc) is 2.38. The number of nitrogens with one attached hydrogen (secondary N) is 1. The maximum absolute atomic E-state index is 12.1. The average molecular weight is 391 g/mol. The topological polar surface area (TPSA) is 93.2 Å². The lowest BCUT2D eigenvalue weighted by Gasteiger charge is -2.08. The summed E-state index contributed by atoms with van der Waals surface area (Å²) in [6.45, 7) is 0. The second-order valence-corrected chi connectivity index (χ2v) is 8.85. The molecule has 1 aromatic heterocycles. The third kappa shape index (κ3) is 4.02. The Balaban J connectivity index is 2.29. The van der Waals surface area contributed by atoms with Gasteiger partial charge in [0.1, 0.15) is 4.90 Å². The Hall–Kier alpha value is -1.45. The zero-order valence-corrected chi connectivity index (χ0v) is 14.0. The number of benzene rings is 1. The Kier molecular flexibility index (Phi) is 4.35. The molecule has 0 radical (unpaired) electrons. The summed E-state index contributed by atoms with van der Waals surface area (Å²) in [4.78, 5) is 3.92. The third-order valence-electron chi connectivity index (χ3n) is 2.52. The summed E-state index contributed by atoms with van der Waals surface area (Å²) < 4.78 is 49.9. The Bertz CT molecular complexity index is 862. The summed E-state index contributed by atoms with van der Waals surface area (Å²) in [5.74, 6) is 0. The van der Waals surface area contributed by atoms with Gasteiger partial charge < -0.3 is 0 Å². The van der Waals surface area contributed by atoms with Crippen molar-refractivity contribution in [3.05, 3.63) is 47.2 Å². The minimum Gasteiger partial charge on any atom is -0.280 e. The maximum atomic E-state index is 12.1. The molecule has 0 bridgehead atoms. The van der Waals surface area contributed by atoms with Crippen LogP contribution in [0.15, 0.2) is 57.0 Å². The van der Waals surface area contributed by atoms with Gasteiger partial charge in [0, 0.05) is 28.8 Å². The van der Waals surface area contributed by atoms with Crippen LogP contribution in [-0.2, 0) is 19.9 Å². The third-order valence-corrected chi connectivity index (χ3v) is 5.44. The first-order chi connectivity index (χ1) is 9.68. The zero-order valence-electron chi connectivity index (χ0n) is 10.8. The number of hydrogen-bond donors (Lipinski definition) is 1. The summed E-state index contributed by atoms with van der Waals surface area (Å²) in [6, 6.07) is 6.87. The van der Waals surface area contributed by atoms with Gasteiger partial charge >= 0.3 is 0 Å². The van der Waals surface area contributed by atoms with Crippen molar-refractivity contribution in [2.45, 2.75) is 9.79 Å². The van der Waals surface area contributed by atoms with E-state index in [1.54, 1.807) is 0 Å². The highest BCUT2D eigenvalue weighted by Crippen LogP contribution is 2.19. The van der Waals surface area contributed by atoms with Crippen LogP contribution in [0.1, 0.15) is 0 Å². The van der Waals surface area contributed by atoms with Gasteiger partial charge in [0.15, 0.2) is 9.84 Å². The first-order valence-electron chi connectivity index (χ1n) is 5.62. The van der Waals surface area contributed by atoms with Crippen LogP contribution in [0.2, 0.25) is 0 Å². The summed E-state index contributed by atoms with van der Waals surface area (Å²) in [7, 11) is -7.09. The van der Waals surface area contributed by atoms with Gasteiger partial charge in [0.25, 0.3) is 10.0 Å². The van der Waals surface area contributed by atoms with Gasteiger partial charge in [-0.05, 0) is 46.3 Å². The molecule has 9 heteroatoms. The van der Waals surface area contributed by atoms with Crippen molar-refractivity contribution >= 4 is 41.5 Å². The second-order valence-electron chi connectivity index (χ2n) is 4.24. The lowest BCUT2D eigenvalue weighted by molar-refractivity contribution is 0.600. The highest BCUT2D eigenvalue weighted by molar-refractivity contribution is 9.10. The molecule has 0 spiro atoms. The number of aromatic nitrogens is 1. The number of rotatable bonds is 4. The van der Waals surface area contributed by atoms with E-state index in [0.29, 0.717) is 4.47 Å². The SMILES string of the molecule is CS(=O)(=O)c1ccc(NS(=O)(=O)c2cncc(Br)c2)cc1. The Morgan fingerprint density at radius 2 is 1.62 bits per heavy atom. The fraction of sp³-hybridized carbons (Fsp3) is 0.0833. The van der Waals surface area contributed by atoms with Crippen molar-refractivity contribution in [1.82, 2.24) is 4.98 Å². The van der Waals surface area contributed by atoms with Crippen molar-refractivity contribution in [3.8, 4) is 0 Å². The molecule has 2 rings (SSSR count). The molecule has 21 heavy (non-hydrogen) atoms. The maximum Gasteiger partial charge on any atom is 0.263 e. The molecule has 0 saturated heterocycles. The quantitative estimate of drug-likeness (QED) is 0.861. The lowest BCUT2D eigenvalue weighted by Crippen LogP contribution is -2.13. The number of nitrogens with zero attached hydrogens (tertiary/aromatic N) is 1. The molecule has 0 atom stereocenters. The molecule has 2 aromatic rings. The Morgan fingerprint density at radius 1 is 1.00 bits per heavy atom. The number of halogens is 1. The fourth-order valence-electron chi connectivity index (χ4n) is 1.52. The van der Waals surface area contributed by atoms with Gasteiger partial charge in [0.2, 0.25) is 0 Å². The molecule has 0 aliphatic carbocycles. The van der Waals surface area contributed by atoms with Crippen molar-refractivity contribution in [2.75, 3.05) is 11.0 Å². The number of sulfonamides is 1. The van der Waals surface area contributed by atoms with Crippen molar-refractivity contribution in [2.24, 2.45) is 0 Å². The largest absolute Gasteiger partial charge is 0.280 e. The van der Waals surface area contributed by atoms with E-state index in [1.165, 1.54) is 42.7 Å². The van der Waals surface area contributed by atoms with E-state index in [4.69, 9.17) is 0 Å². The summed E-state index contributed by atoms with van der Waals surface area (Å²) in [5, 5.41) is 0. The summed E-state index contributed by atoms with van der Waals surface area (Å²) in [6.07, 6.45) is 3.78. The molecule has 1 heterocycles. The summed E-state index contributed by atoms with van der Waals surface area (Å²) >= 11 is 3.15. The number of hydrogen-bond acceptors (Lipinski definition) is 5. The van der Waals surface area contributed by atoms with Crippen molar-refractivity contribution < 1.29 is 16.8 Å². The molecule has 0 saturated carbocycles. The second kappa shape index (κ2) is 5.74. The minimum absolute atomic E-state index is 0.00376. The fourth-order valence-corrected chi connectivity index (χ4v) is 3.72. The first-order valence-corrected chi connectivity index (χ1v) is 9.79. The van der Waals surface area contributed by atoms with Gasteiger partial charge in [-0.15, -0.1) is 0 Å². The predicted octanol–water partition coefficient (Wildman–Crippen LogP) is 2.05. The van der Waals surface area contributed by atoms with Gasteiger partial charge in [0.05, 0.1) is 4.90 Å². The van der Waals surface area contributed by atoms with Gasteiger partial charge in [-0.25, -0.2) is 16.8 Å². The van der Waals surface area contributed by atoms with Gasteiger partial charge in [-0.3, -0.25) is 9.71 Å². The van der Waals surface area contributed by atoms with Crippen LogP contribution in [0.25, 0.3) is 0 Å². The molecule has 1 aromatic carbocycles. The van der Waals surface area contributed by atoms with E-state index in [2.05, 4.69) is 25.6 Å². The molecular weight excluding hydrogens is 380 g/mol. The monoisotopic (exact) mass is 390 g/mol. The van der Waals surface area contributed by atoms with Crippen LogP contribution in [0, 0.1) is 0 Å². The molecule has 0 aliphatic rings. The smallest absolute Gasteiger partial charge is 0.263 e. The highest BCUT2D eigenvalue weighted by Gasteiger charge is 2.15. The highest BCUT2D eigenvalue weighted by atomic mass is 79.9. The van der Waals surface area contributed by atoms with Crippen LogP contribution >= 0.6 is 15.9 Å². The van der Waals surface area contributed by atoms with Crippen LogP contribution < -0.4 is 4.72 Å². The Labute approximate surface area is 131 Å². The lowest BCUT2D eigenvalue weighted by atomic mass is 10.3. The first kappa shape index (κ1) is 15.9. The molecule has 6 nitrogen and oxygen atoms in total. The van der Waals surface area contributed by atoms with Gasteiger partial charge in [-0.2, -0.15) is 0 Å². The van der Waals surface area contributed by atoms with Crippen LogP contribution in [-0.4, -0.2) is 28.1 Å². The molecule has 0 fully saturated rings. The number of pyridine rings is 1. The molecule has 0 aliphatic heterocycles. The minimum atomic E-state index is -3.78. The normalized spacial score (nSPS) is 12.1. The van der Waals surface area contributed by atoms with Gasteiger partial charge in [-0.1, -0.05) is 0 Å². The van der Waals surface area contributed by atoms with E-state index in [-0.39, 0.29) is 15.5 Å². The van der Waals surface area contributed by atoms with E-state index >= 15 is 0 Å². The van der Waals surface area contributed by atoms with Crippen molar-refractivity contribution in [1.29, 1.82) is 0 Å². The molecular formula is C12H11BrN2O4S2. The molecule has 0 amide bonds. The van der Waals surface area contributed by atoms with E-state index in [9.17, 15) is 16.8 Å². The molecule has 112 valence electrons. The predicted molar refractivity (Wildman–Crippen MR) is 82.3 cm³/mol. The summed E-state index contributed by atoms with van der Waals surface area (Å²) in [5.41, 5.74) is 0.266. The number of sulfone groups is 1. The van der Waals surface area contributed by atoms with E-state index < -0.39 is 19.9 Å². The molecule has 1 N–H and O–H groups in total. The van der Waals surface area contributed by atoms with E-state index in [0.717, 1.165) is 6.26 Å². The molecule has 0 unspecified atom stereocenters. The van der Waals surface area contributed by atoms with Crippen molar-refractivity contribution in [3.63, 3.8) is 0 Å². The standard InChI is InChI=1S/C12H11BrN2O4S2/c1-20(16,17)11-4-2-10(3-5-11)15-21(18,19)12-6-9(13)7-14-8-12/h2-8,15H,1H3. The Morgan fingerprint density at radius 3 is 2.14 bits per heavy atom. The zero-order chi connectivity index (χ0) is 15.7. The van der Waals surface area contributed by atoms with E-state index in [1.807, 2.05) is 0 Å².